The van der Waals surface area contributed by atoms with Gasteiger partial charge in [0, 0.05) is 16.1 Å². The molecule has 0 spiro atoms. The lowest BCUT2D eigenvalue weighted by molar-refractivity contribution is 0.546. The summed E-state index contributed by atoms with van der Waals surface area (Å²) in [6.07, 6.45) is 0. The van der Waals surface area contributed by atoms with Crippen LogP contribution in [0.3, 0.4) is 0 Å². The largest absolute Gasteiger partial charge is 0.458 e. The summed E-state index contributed by atoms with van der Waals surface area (Å²) < 4.78 is 12.6. The van der Waals surface area contributed by atoms with Crippen molar-refractivity contribution in [3.63, 3.8) is 0 Å². The molecular weight excluding hydrogens is 513 g/mol. The molecule has 0 aromatic carbocycles. The van der Waals surface area contributed by atoms with E-state index in [2.05, 4.69) is 112 Å². The first-order valence-electron chi connectivity index (χ1n) is 11.0. The van der Waals surface area contributed by atoms with Crippen molar-refractivity contribution in [2.45, 2.75) is 161 Å². The number of hydrogen-bond donors (Lipinski definition) is 0. The molecule has 0 aliphatic rings. The second-order valence-electron chi connectivity index (χ2n) is 12.6. The van der Waals surface area contributed by atoms with Crippen molar-refractivity contribution in [2.75, 3.05) is 0 Å². The monoisotopic (exact) mass is 592 g/mol. The zero-order chi connectivity index (χ0) is 23.6. The van der Waals surface area contributed by atoms with Crippen LogP contribution >= 0.6 is 0 Å². The van der Waals surface area contributed by atoms with E-state index in [1.165, 1.54) is 17.4 Å². The Bertz CT molecular complexity index is 373. The Labute approximate surface area is 231 Å². The van der Waals surface area contributed by atoms with Crippen LogP contribution in [0.4, 0.5) is 0 Å². The second-order valence-corrected chi connectivity index (χ2v) is 41.3. The van der Waals surface area contributed by atoms with Crippen molar-refractivity contribution in [2.24, 2.45) is 0 Å². The lowest BCUT2D eigenvalue weighted by atomic mass is 11.0. The van der Waals surface area contributed by atoms with Crippen LogP contribution in [0.15, 0.2) is 13.2 Å². The highest BCUT2D eigenvalue weighted by atomic mass is 28.5. The third kappa shape index (κ3) is 50.0. The summed E-state index contributed by atoms with van der Waals surface area (Å²) in [5.74, 6) is 0. The van der Waals surface area contributed by atoms with Gasteiger partial charge in [-0.15, -0.1) is 13.2 Å². The van der Waals surface area contributed by atoms with Gasteiger partial charge in [0.05, 0.1) is 0 Å². The van der Waals surface area contributed by atoms with Crippen LogP contribution in [0.5, 0.6) is 0 Å². The van der Waals surface area contributed by atoms with E-state index in [-0.39, 0.29) is 44.6 Å². The molecule has 0 fully saturated rings. The minimum Gasteiger partial charge on any atom is -0.458 e. The smallest absolute Gasteiger partial charge is 0.173 e. The Morgan fingerprint density at radius 2 is 0.912 bits per heavy atom. The summed E-state index contributed by atoms with van der Waals surface area (Å²) in [7, 11) is -6.58. The van der Waals surface area contributed by atoms with Gasteiger partial charge in [0.1, 0.15) is 0 Å². The van der Waals surface area contributed by atoms with Gasteiger partial charge >= 0.3 is 0 Å². The molecule has 34 heavy (non-hydrogen) atoms. The first-order valence-corrected chi connectivity index (χ1v) is 30.5. The maximum absolute atomic E-state index is 6.46. The molecule has 0 rings (SSSR count). The predicted molar refractivity (Wildman–Crippen MR) is 192 cm³/mol. The van der Waals surface area contributed by atoms with Crippen LogP contribution in [0.1, 0.15) is 51.5 Å². The molecule has 0 amide bonds. The molecule has 0 radical (unpaired) electrons. The van der Waals surface area contributed by atoms with E-state index >= 15 is 0 Å². The molecule has 0 N–H and O–H groups in total. The van der Waals surface area contributed by atoms with Gasteiger partial charge in [0.25, 0.3) is 0 Å². The van der Waals surface area contributed by atoms with Crippen LogP contribution in [-0.2, 0) is 8.23 Å². The van der Waals surface area contributed by atoms with Gasteiger partial charge in [-0.1, -0.05) is 90.8 Å². The van der Waals surface area contributed by atoms with E-state index in [9.17, 15) is 0 Å². The van der Waals surface area contributed by atoms with Crippen molar-refractivity contribution in [3.8, 4) is 0 Å². The Balaban J connectivity index is -0.0000000422. The van der Waals surface area contributed by atoms with E-state index in [1.54, 1.807) is 0 Å². The number of hydrogen-bond acceptors (Lipinski definition) is 2. The van der Waals surface area contributed by atoms with Gasteiger partial charge < -0.3 is 8.23 Å². The average molecular weight is 593 g/mol. The standard InChI is InChI=1S/C10H28OSi3.C8H24OSi3.C2H4.6CH4/c1-9-14(8,10-12(2,3)4)11-13(5,6)7;1-10(8-11(2,3)4)9-12(5,6)7;1-2;;;;;;/h9-10H2,1-8H3;10H,8H2,1-7H3;1-2H2;6*1H4. The van der Waals surface area contributed by atoms with Gasteiger partial charge in [0.15, 0.2) is 34.0 Å². The molecular formula is C26H80O2Si6. The Hall–Kier alpha value is 0.961. The molecule has 0 saturated carbocycles. The summed E-state index contributed by atoms with van der Waals surface area (Å²) in [5.41, 5.74) is 2.85. The molecule has 0 saturated heterocycles. The van der Waals surface area contributed by atoms with Gasteiger partial charge in [0.2, 0.25) is 0 Å². The molecule has 0 aromatic heterocycles. The van der Waals surface area contributed by atoms with Crippen molar-refractivity contribution < 1.29 is 8.23 Å². The highest BCUT2D eigenvalue weighted by Gasteiger charge is 2.36. The van der Waals surface area contributed by atoms with E-state index in [4.69, 9.17) is 8.23 Å². The first-order chi connectivity index (χ1) is 12.1. The summed E-state index contributed by atoms with van der Waals surface area (Å²) in [4.78, 5) is 0. The topological polar surface area (TPSA) is 18.5 Å². The van der Waals surface area contributed by atoms with E-state index in [0.29, 0.717) is 0 Å². The Morgan fingerprint density at radius 1 is 0.588 bits per heavy atom. The highest BCUT2D eigenvalue weighted by molar-refractivity contribution is 6.96. The molecule has 220 valence electrons. The van der Waals surface area contributed by atoms with Crippen molar-refractivity contribution >= 4 is 50.1 Å². The van der Waals surface area contributed by atoms with Crippen LogP contribution in [0.2, 0.25) is 109 Å². The van der Waals surface area contributed by atoms with Gasteiger partial charge in [-0.05, 0) is 69.8 Å². The van der Waals surface area contributed by atoms with Crippen LogP contribution < -0.4 is 0 Å². The SMILES string of the molecule is C.C.C.C.C.C.C=C.CC[Si](C)(C[Si](C)(C)C)O[Si](C)(C)C.C[SiH](C[Si](C)(C)C)O[Si](C)(C)C. The second kappa shape index (κ2) is 24.3. The molecule has 0 aliphatic heterocycles. The zero-order valence-electron chi connectivity index (χ0n) is 22.4. The molecule has 8 heteroatoms. The van der Waals surface area contributed by atoms with Crippen LogP contribution in [0, 0.1) is 0 Å². The van der Waals surface area contributed by atoms with Crippen LogP contribution in [0.25, 0.3) is 0 Å². The molecule has 0 aliphatic carbocycles. The fourth-order valence-corrected chi connectivity index (χ4v) is 33.8. The fraction of sp³-hybridized carbons (Fsp3) is 0.923. The normalized spacial score (nSPS) is 13.3. The van der Waals surface area contributed by atoms with Gasteiger partial charge in [-0.25, -0.2) is 0 Å². The van der Waals surface area contributed by atoms with E-state index in [1.807, 2.05) is 0 Å². The maximum Gasteiger partial charge on any atom is 0.173 e. The molecule has 0 heterocycles. The Kier molecular flexibility index (Phi) is 42.8. The molecule has 2 atom stereocenters. The average Bonchev–Trinajstić information content (AvgIpc) is 2.32. The quantitative estimate of drug-likeness (QED) is 0.196. The van der Waals surface area contributed by atoms with Crippen LogP contribution in [-0.4, -0.2) is 50.1 Å². The zero-order valence-corrected chi connectivity index (χ0v) is 28.6. The fourth-order valence-electron chi connectivity index (χ4n) is 3.60. The van der Waals surface area contributed by atoms with E-state index < -0.39 is 50.1 Å². The maximum atomic E-state index is 6.46. The lowest BCUT2D eigenvalue weighted by Gasteiger charge is -2.37. The third-order valence-electron chi connectivity index (χ3n) is 3.66. The molecule has 2 unspecified atom stereocenters. The first kappa shape index (κ1) is 59.8. The molecule has 0 bridgehead atoms. The van der Waals surface area contributed by atoms with Crippen molar-refractivity contribution in [1.82, 2.24) is 0 Å². The number of rotatable bonds is 9. The molecule has 0 aromatic rings. The Morgan fingerprint density at radius 3 is 1.09 bits per heavy atom. The van der Waals surface area contributed by atoms with E-state index in [0.717, 1.165) is 0 Å². The minimum atomic E-state index is -1.37. The molecule has 2 nitrogen and oxygen atoms in total. The predicted octanol–water partition coefficient (Wildman–Crippen LogP) is 12.0. The van der Waals surface area contributed by atoms with Crippen molar-refractivity contribution in [1.29, 1.82) is 0 Å². The lowest BCUT2D eigenvalue weighted by Crippen LogP contribution is -2.48. The van der Waals surface area contributed by atoms with Gasteiger partial charge in [-0.2, -0.15) is 0 Å². The van der Waals surface area contributed by atoms with Crippen molar-refractivity contribution in [3.05, 3.63) is 13.2 Å². The summed E-state index contributed by atoms with van der Waals surface area (Å²) in [6.45, 7) is 41.6. The third-order valence-corrected chi connectivity index (χ3v) is 28.4. The minimum absolute atomic E-state index is 0. The summed E-state index contributed by atoms with van der Waals surface area (Å²) in [6, 6.07) is 1.28. The summed E-state index contributed by atoms with van der Waals surface area (Å²) in [5, 5.41) is 0. The summed E-state index contributed by atoms with van der Waals surface area (Å²) >= 11 is 0. The van der Waals surface area contributed by atoms with Gasteiger partial charge in [-0.3, -0.25) is 0 Å². The highest BCUT2D eigenvalue weighted by Crippen LogP contribution is 2.27.